The highest BCUT2D eigenvalue weighted by Gasteiger charge is 2.11. The van der Waals surface area contributed by atoms with Gasteiger partial charge in [-0.1, -0.05) is 18.2 Å². The van der Waals surface area contributed by atoms with Gasteiger partial charge in [0.05, 0.1) is 6.54 Å². The first-order valence-corrected chi connectivity index (χ1v) is 9.82. The number of nitrogens with zero attached hydrogens (tertiary/aromatic N) is 1. The van der Waals surface area contributed by atoms with Gasteiger partial charge in [0.15, 0.2) is 5.96 Å². The van der Waals surface area contributed by atoms with Crippen molar-refractivity contribution in [2.45, 2.75) is 32.8 Å². The van der Waals surface area contributed by atoms with E-state index in [1.165, 1.54) is 10.1 Å². The van der Waals surface area contributed by atoms with Crippen LogP contribution in [0.4, 0.5) is 0 Å². The molecule has 138 valence electrons. The summed E-state index contributed by atoms with van der Waals surface area (Å²) in [6.45, 7) is 7.61. The van der Waals surface area contributed by atoms with Gasteiger partial charge in [0.1, 0.15) is 6.10 Å². The molecule has 2 aromatic rings. The van der Waals surface area contributed by atoms with Gasteiger partial charge in [-0.25, -0.2) is 0 Å². The van der Waals surface area contributed by atoms with E-state index in [-0.39, 0.29) is 0 Å². The van der Waals surface area contributed by atoms with Crippen LogP contribution in [0.25, 0.3) is 10.1 Å². The first-order chi connectivity index (χ1) is 12.2. The maximum Gasteiger partial charge on any atom is 0.191 e. The zero-order chi connectivity index (χ0) is 17.9. The van der Waals surface area contributed by atoms with E-state index in [1.807, 2.05) is 32.0 Å². The zero-order valence-electron chi connectivity index (χ0n) is 15.1. The molecular formula is C19H29N3O2S. The van der Waals surface area contributed by atoms with Crippen molar-refractivity contribution in [1.82, 2.24) is 10.6 Å². The predicted octanol–water partition coefficient (Wildman–Crippen LogP) is 3.31. The minimum absolute atomic E-state index is 0.348. The number of hydrogen-bond donors (Lipinski definition) is 3. The lowest BCUT2D eigenvalue weighted by molar-refractivity contribution is 0.143. The van der Waals surface area contributed by atoms with Gasteiger partial charge >= 0.3 is 0 Å². The van der Waals surface area contributed by atoms with Crippen molar-refractivity contribution in [2.24, 2.45) is 4.99 Å². The second-order valence-corrected chi connectivity index (χ2v) is 6.87. The summed E-state index contributed by atoms with van der Waals surface area (Å²) in [7, 11) is 0. The quantitative estimate of drug-likeness (QED) is 0.344. The Bertz CT molecular complexity index is 624. The highest BCUT2D eigenvalue weighted by atomic mass is 32.1. The van der Waals surface area contributed by atoms with Gasteiger partial charge < -0.3 is 20.5 Å². The van der Waals surface area contributed by atoms with Gasteiger partial charge in [-0.15, -0.1) is 11.3 Å². The number of nitrogens with one attached hydrogen (secondary N) is 2. The number of unbranched alkanes of at least 4 members (excludes halogenated alkanes) is 1. The second kappa shape index (κ2) is 11.1. The number of hydrogen-bond acceptors (Lipinski definition) is 4. The molecule has 0 bridgehead atoms. The smallest absolute Gasteiger partial charge is 0.191 e. The standard InChI is InChI=1S/C19H29N3O2S/c1-3-20-19(21-11-7-8-12-24-4-2)22-14-16(23)18-13-15-9-5-6-10-17(15)25-18/h5-6,9-10,13,16,23H,3-4,7-8,11-12,14H2,1-2H3,(H2,20,21,22). The van der Waals surface area contributed by atoms with E-state index in [9.17, 15) is 5.11 Å². The Balaban J connectivity index is 1.84. The summed E-state index contributed by atoms with van der Waals surface area (Å²) in [5.74, 6) is 0.749. The summed E-state index contributed by atoms with van der Waals surface area (Å²) in [5.41, 5.74) is 0. The number of thiophene rings is 1. The molecule has 25 heavy (non-hydrogen) atoms. The van der Waals surface area contributed by atoms with Gasteiger partial charge in [-0.05, 0) is 44.2 Å². The Labute approximate surface area is 154 Å². The van der Waals surface area contributed by atoms with E-state index in [0.29, 0.717) is 6.54 Å². The van der Waals surface area contributed by atoms with Crippen LogP contribution in [0.5, 0.6) is 0 Å². The topological polar surface area (TPSA) is 65.9 Å². The van der Waals surface area contributed by atoms with Crippen LogP contribution in [0.3, 0.4) is 0 Å². The normalized spacial score (nSPS) is 13.2. The highest BCUT2D eigenvalue weighted by molar-refractivity contribution is 7.19. The molecule has 0 aliphatic heterocycles. The van der Waals surface area contributed by atoms with Gasteiger partial charge in [0.25, 0.3) is 0 Å². The third-order valence-corrected chi connectivity index (χ3v) is 4.97. The lowest BCUT2D eigenvalue weighted by Crippen LogP contribution is -2.38. The Morgan fingerprint density at radius 1 is 1.24 bits per heavy atom. The molecule has 5 nitrogen and oxygen atoms in total. The minimum Gasteiger partial charge on any atom is -0.386 e. The summed E-state index contributed by atoms with van der Waals surface area (Å²) < 4.78 is 6.53. The molecule has 3 N–H and O–H groups in total. The second-order valence-electron chi connectivity index (χ2n) is 5.75. The molecule has 0 spiro atoms. The molecule has 1 heterocycles. The highest BCUT2D eigenvalue weighted by Crippen LogP contribution is 2.29. The molecule has 1 atom stereocenters. The number of aliphatic hydroxyl groups is 1. The van der Waals surface area contributed by atoms with E-state index in [4.69, 9.17) is 4.74 Å². The molecular weight excluding hydrogens is 334 g/mol. The van der Waals surface area contributed by atoms with Crippen LogP contribution in [0, 0.1) is 0 Å². The summed E-state index contributed by atoms with van der Waals surface area (Å²) in [6, 6.07) is 10.2. The number of aliphatic imine (C=N–C) groups is 1. The lowest BCUT2D eigenvalue weighted by atomic mass is 10.2. The van der Waals surface area contributed by atoms with Crippen LogP contribution < -0.4 is 10.6 Å². The van der Waals surface area contributed by atoms with Crippen LogP contribution in [0.1, 0.15) is 37.7 Å². The number of ether oxygens (including phenoxy) is 1. The monoisotopic (exact) mass is 363 g/mol. The first kappa shape index (κ1) is 19.7. The van der Waals surface area contributed by atoms with Crippen LogP contribution in [0.2, 0.25) is 0 Å². The summed E-state index contributed by atoms with van der Waals surface area (Å²) in [5, 5.41) is 18.1. The third-order valence-electron chi connectivity index (χ3n) is 3.75. The van der Waals surface area contributed by atoms with Crippen molar-refractivity contribution in [3.63, 3.8) is 0 Å². The Morgan fingerprint density at radius 3 is 2.84 bits per heavy atom. The van der Waals surface area contributed by atoms with Crippen LogP contribution in [-0.4, -0.2) is 43.9 Å². The lowest BCUT2D eigenvalue weighted by Gasteiger charge is -2.12. The average Bonchev–Trinajstić information content (AvgIpc) is 3.06. The van der Waals surface area contributed by atoms with E-state index in [2.05, 4.69) is 27.8 Å². The van der Waals surface area contributed by atoms with Gasteiger partial charge in [0.2, 0.25) is 0 Å². The summed E-state index contributed by atoms with van der Waals surface area (Å²) in [6.07, 6.45) is 1.49. The van der Waals surface area contributed by atoms with Crippen molar-refractivity contribution in [1.29, 1.82) is 0 Å². The molecule has 1 unspecified atom stereocenters. The number of aliphatic hydroxyl groups excluding tert-OH is 1. The van der Waals surface area contributed by atoms with Crippen molar-refractivity contribution in [2.75, 3.05) is 32.8 Å². The molecule has 1 aromatic heterocycles. The van der Waals surface area contributed by atoms with Gasteiger partial charge in [-0.2, -0.15) is 0 Å². The van der Waals surface area contributed by atoms with Crippen molar-refractivity contribution < 1.29 is 9.84 Å². The number of fused-ring (bicyclic) bond motifs is 1. The van der Waals surface area contributed by atoms with Crippen molar-refractivity contribution in [3.05, 3.63) is 35.2 Å². The Kier molecular flexibility index (Phi) is 8.72. The largest absolute Gasteiger partial charge is 0.386 e. The fraction of sp³-hybridized carbons (Fsp3) is 0.526. The SMILES string of the molecule is CCNC(=NCC(O)c1cc2ccccc2s1)NCCCCOCC. The molecule has 0 saturated carbocycles. The minimum atomic E-state index is -0.578. The number of rotatable bonds is 10. The molecule has 1 aromatic carbocycles. The molecule has 2 rings (SSSR count). The van der Waals surface area contributed by atoms with E-state index in [0.717, 1.165) is 50.0 Å². The van der Waals surface area contributed by atoms with Crippen LogP contribution in [0.15, 0.2) is 35.3 Å². The molecule has 0 aliphatic carbocycles. The van der Waals surface area contributed by atoms with Gasteiger partial charge in [0, 0.05) is 35.9 Å². The summed E-state index contributed by atoms with van der Waals surface area (Å²) in [4.78, 5) is 5.47. The maximum atomic E-state index is 10.4. The number of guanidine groups is 1. The van der Waals surface area contributed by atoms with E-state index >= 15 is 0 Å². The fourth-order valence-electron chi connectivity index (χ4n) is 2.46. The third kappa shape index (κ3) is 6.65. The molecule has 0 amide bonds. The average molecular weight is 364 g/mol. The van der Waals surface area contributed by atoms with E-state index in [1.54, 1.807) is 11.3 Å². The molecule has 0 saturated heterocycles. The fourth-order valence-corrected chi connectivity index (χ4v) is 3.50. The van der Waals surface area contributed by atoms with Gasteiger partial charge in [-0.3, -0.25) is 4.99 Å². The number of benzene rings is 1. The molecule has 0 radical (unpaired) electrons. The molecule has 0 fully saturated rings. The first-order valence-electron chi connectivity index (χ1n) is 9.01. The Hall–Kier alpha value is -1.63. The van der Waals surface area contributed by atoms with Crippen LogP contribution >= 0.6 is 11.3 Å². The van der Waals surface area contributed by atoms with Crippen molar-refractivity contribution in [3.8, 4) is 0 Å². The molecule has 0 aliphatic rings. The van der Waals surface area contributed by atoms with E-state index < -0.39 is 6.10 Å². The predicted molar refractivity (Wildman–Crippen MR) is 106 cm³/mol. The summed E-state index contributed by atoms with van der Waals surface area (Å²) >= 11 is 1.63. The van der Waals surface area contributed by atoms with Crippen LogP contribution in [-0.2, 0) is 4.74 Å². The van der Waals surface area contributed by atoms with Crippen molar-refractivity contribution >= 4 is 27.4 Å². The molecule has 6 heteroatoms. The zero-order valence-corrected chi connectivity index (χ0v) is 15.9. The maximum absolute atomic E-state index is 10.4. The Morgan fingerprint density at radius 2 is 2.08 bits per heavy atom.